The number of halogens is 2. The maximum Gasteiger partial charge on any atom is 0.270 e. The summed E-state index contributed by atoms with van der Waals surface area (Å²) in [6, 6.07) is 9.90. The van der Waals surface area contributed by atoms with Gasteiger partial charge in [-0.3, -0.25) is 19.2 Å². The van der Waals surface area contributed by atoms with Crippen molar-refractivity contribution in [1.82, 2.24) is 5.43 Å². The van der Waals surface area contributed by atoms with Crippen LogP contribution < -0.4 is 9.73 Å². The van der Waals surface area contributed by atoms with E-state index in [-0.39, 0.29) is 27.0 Å². The van der Waals surface area contributed by atoms with Gasteiger partial charge in [-0.2, -0.15) is 5.10 Å². The highest BCUT2D eigenvalue weighted by atomic mass is 35.5. The molecule has 0 heterocycles. The Morgan fingerprint density at radius 3 is 2.54 bits per heavy atom. The van der Waals surface area contributed by atoms with Gasteiger partial charge in [0, 0.05) is 22.7 Å². The third kappa shape index (κ3) is 5.65. The minimum absolute atomic E-state index is 0.146. The molecule has 0 atom stereocenters. The number of nitro groups is 1. The SMILES string of the molecule is CS(=O)(=O)N(CC(=O)N/N=C\c1cc([N+](=O)[O-])ccc1Cl)c1ccccc1Cl. The van der Waals surface area contributed by atoms with Crippen molar-refractivity contribution in [2.24, 2.45) is 5.10 Å². The summed E-state index contributed by atoms with van der Waals surface area (Å²) in [6.45, 7) is -0.567. The number of hydrazone groups is 1. The average molecular weight is 445 g/mol. The zero-order valence-corrected chi connectivity index (χ0v) is 16.7. The molecule has 0 saturated carbocycles. The van der Waals surface area contributed by atoms with E-state index in [9.17, 15) is 23.3 Å². The molecule has 1 N–H and O–H groups in total. The lowest BCUT2D eigenvalue weighted by molar-refractivity contribution is -0.384. The lowest BCUT2D eigenvalue weighted by Gasteiger charge is -2.22. The molecule has 1 amide bonds. The minimum atomic E-state index is -3.79. The van der Waals surface area contributed by atoms with Crippen LogP contribution in [-0.2, 0) is 14.8 Å². The highest BCUT2D eigenvalue weighted by Crippen LogP contribution is 2.26. The molecule has 12 heteroatoms. The lowest BCUT2D eigenvalue weighted by atomic mass is 10.2. The number of nitro benzene ring substituents is 1. The van der Waals surface area contributed by atoms with Crippen LogP contribution in [0.2, 0.25) is 10.0 Å². The van der Waals surface area contributed by atoms with Crippen LogP contribution >= 0.6 is 23.2 Å². The van der Waals surface area contributed by atoms with Crippen LogP contribution in [0.15, 0.2) is 47.6 Å². The number of amides is 1. The molecule has 0 aliphatic heterocycles. The van der Waals surface area contributed by atoms with Gasteiger partial charge in [0.1, 0.15) is 6.54 Å². The van der Waals surface area contributed by atoms with Gasteiger partial charge in [0.2, 0.25) is 10.0 Å². The number of sulfonamides is 1. The topological polar surface area (TPSA) is 122 Å². The summed E-state index contributed by atoms with van der Waals surface area (Å²) in [4.78, 5) is 22.3. The van der Waals surface area contributed by atoms with Gasteiger partial charge in [0.25, 0.3) is 11.6 Å². The lowest BCUT2D eigenvalue weighted by Crippen LogP contribution is -2.39. The van der Waals surface area contributed by atoms with E-state index in [1.54, 1.807) is 12.1 Å². The minimum Gasteiger partial charge on any atom is -0.271 e. The smallest absolute Gasteiger partial charge is 0.270 e. The van der Waals surface area contributed by atoms with Crippen LogP contribution in [0.1, 0.15) is 5.56 Å². The molecule has 2 aromatic rings. The van der Waals surface area contributed by atoms with Gasteiger partial charge >= 0.3 is 0 Å². The molecule has 0 aromatic heterocycles. The molecule has 0 aliphatic rings. The van der Waals surface area contributed by atoms with Crippen molar-refractivity contribution in [2.45, 2.75) is 0 Å². The molecule has 28 heavy (non-hydrogen) atoms. The standard InChI is InChI=1S/C16H14Cl2N4O5S/c1-28(26,27)21(15-5-3-2-4-14(15)18)10-16(23)20-19-9-11-8-12(22(24)25)6-7-13(11)17/h2-9H,10H2,1H3,(H,20,23)/b19-9-. The van der Waals surface area contributed by atoms with Crippen molar-refractivity contribution in [3.05, 3.63) is 68.2 Å². The van der Waals surface area contributed by atoms with Crippen molar-refractivity contribution in [3.8, 4) is 0 Å². The maximum atomic E-state index is 12.1. The first-order valence-corrected chi connectivity index (χ1v) is 10.2. The van der Waals surface area contributed by atoms with E-state index in [1.807, 2.05) is 0 Å². The molecule has 0 spiro atoms. The van der Waals surface area contributed by atoms with Gasteiger partial charge in [-0.05, 0) is 18.2 Å². The van der Waals surface area contributed by atoms with E-state index in [0.29, 0.717) is 0 Å². The summed E-state index contributed by atoms with van der Waals surface area (Å²) in [5.74, 6) is -0.747. The molecule has 9 nitrogen and oxygen atoms in total. The first-order valence-electron chi connectivity index (χ1n) is 7.57. The van der Waals surface area contributed by atoms with Crippen molar-refractivity contribution in [3.63, 3.8) is 0 Å². The molecule has 0 unspecified atom stereocenters. The Morgan fingerprint density at radius 1 is 1.25 bits per heavy atom. The van der Waals surface area contributed by atoms with Gasteiger partial charge in [-0.15, -0.1) is 0 Å². The molecule has 148 valence electrons. The molecule has 2 aromatic carbocycles. The van der Waals surface area contributed by atoms with Gasteiger partial charge < -0.3 is 0 Å². The van der Waals surface area contributed by atoms with Crippen molar-refractivity contribution >= 4 is 56.7 Å². The van der Waals surface area contributed by atoms with Crippen molar-refractivity contribution in [1.29, 1.82) is 0 Å². The van der Waals surface area contributed by atoms with E-state index < -0.39 is 27.4 Å². The third-order valence-electron chi connectivity index (χ3n) is 3.39. The van der Waals surface area contributed by atoms with Crippen LogP contribution in [0.25, 0.3) is 0 Å². The second-order valence-electron chi connectivity index (χ2n) is 5.48. The normalized spacial score (nSPS) is 11.4. The second-order valence-corrected chi connectivity index (χ2v) is 8.20. The summed E-state index contributed by atoms with van der Waals surface area (Å²) < 4.78 is 24.9. The van der Waals surface area contributed by atoms with Crippen LogP contribution in [0.4, 0.5) is 11.4 Å². The fourth-order valence-corrected chi connectivity index (χ4v) is 3.44. The van der Waals surface area contributed by atoms with Crippen molar-refractivity contribution < 1.29 is 18.1 Å². The van der Waals surface area contributed by atoms with E-state index in [1.165, 1.54) is 30.3 Å². The zero-order valence-electron chi connectivity index (χ0n) is 14.4. The quantitative estimate of drug-likeness (QED) is 0.399. The van der Waals surface area contributed by atoms with E-state index >= 15 is 0 Å². The second kappa shape index (κ2) is 9.00. The van der Waals surface area contributed by atoms with E-state index in [2.05, 4.69) is 10.5 Å². The summed E-state index contributed by atoms with van der Waals surface area (Å²) in [5.41, 5.74) is 2.31. The maximum absolute atomic E-state index is 12.1. The molecule has 0 fully saturated rings. The monoisotopic (exact) mass is 444 g/mol. The average Bonchev–Trinajstić information content (AvgIpc) is 2.61. The number of non-ortho nitro benzene ring substituents is 1. The number of carbonyl (C=O) groups excluding carboxylic acids is 1. The molecule has 0 radical (unpaired) electrons. The van der Waals surface area contributed by atoms with Crippen LogP contribution in [0, 0.1) is 10.1 Å². The number of benzene rings is 2. The number of carbonyl (C=O) groups is 1. The molecular weight excluding hydrogens is 431 g/mol. The number of anilines is 1. The first kappa shape index (κ1) is 21.6. The van der Waals surface area contributed by atoms with Gasteiger partial charge in [0.05, 0.1) is 28.1 Å². The van der Waals surface area contributed by atoms with Crippen LogP contribution in [0.5, 0.6) is 0 Å². The summed E-state index contributed by atoms with van der Waals surface area (Å²) in [7, 11) is -3.79. The number of nitrogens with zero attached hydrogens (tertiary/aromatic N) is 3. The summed E-state index contributed by atoms with van der Waals surface area (Å²) in [5, 5.41) is 14.8. The summed E-state index contributed by atoms with van der Waals surface area (Å²) in [6.07, 6.45) is 2.06. The molecule has 2 rings (SSSR count). The number of para-hydroxylation sites is 1. The Hall–Kier alpha value is -2.69. The van der Waals surface area contributed by atoms with Gasteiger partial charge in [-0.1, -0.05) is 35.3 Å². The predicted octanol–water partition coefficient (Wildman–Crippen LogP) is 2.82. The summed E-state index contributed by atoms with van der Waals surface area (Å²) >= 11 is 11.9. The molecule has 0 saturated heterocycles. The Balaban J connectivity index is 2.14. The predicted molar refractivity (Wildman–Crippen MR) is 107 cm³/mol. The highest BCUT2D eigenvalue weighted by Gasteiger charge is 2.22. The number of hydrogen-bond acceptors (Lipinski definition) is 6. The van der Waals surface area contributed by atoms with E-state index in [0.717, 1.165) is 16.8 Å². The molecular formula is C16H14Cl2N4O5S. The number of rotatable bonds is 7. The molecule has 0 bridgehead atoms. The third-order valence-corrected chi connectivity index (χ3v) is 5.18. The Kier molecular flexibility index (Phi) is 6.95. The fourth-order valence-electron chi connectivity index (χ4n) is 2.12. The largest absolute Gasteiger partial charge is 0.271 e. The zero-order chi connectivity index (χ0) is 20.9. The van der Waals surface area contributed by atoms with Crippen LogP contribution in [-0.4, -0.2) is 38.3 Å². The Morgan fingerprint density at radius 2 is 1.93 bits per heavy atom. The highest BCUT2D eigenvalue weighted by molar-refractivity contribution is 7.92. The molecule has 0 aliphatic carbocycles. The van der Waals surface area contributed by atoms with Crippen molar-refractivity contribution in [2.75, 3.05) is 17.1 Å². The van der Waals surface area contributed by atoms with E-state index in [4.69, 9.17) is 23.2 Å². The van der Waals surface area contributed by atoms with Gasteiger partial charge in [0.15, 0.2) is 0 Å². The number of hydrogen-bond donors (Lipinski definition) is 1. The fraction of sp³-hybridized carbons (Fsp3) is 0.125. The Labute approximate surface area is 170 Å². The Bertz CT molecular complexity index is 1040. The number of nitrogens with one attached hydrogen (secondary N) is 1. The first-order chi connectivity index (χ1) is 13.1. The van der Waals surface area contributed by atoms with Gasteiger partial charge in [-0.25, -0.2) is 13.8 Å². The van der Waals surface area contributed by atoms with Crippen LogP contribution in [0.3, 0.4) is 0 Å².